The summed E-state index contributed by atoms with van der Waals surface area (Å²) in [5.41, 5.74) is -1.40. The minimum Gasteiger partial charge on any atom is -0.370 e. The molecule has 1 amide bonds. The summed E-state index contributed by atoms with van der Waals surface area (Å²) in [5, 5.41) is 2.60. The van der Waals surface area contributed by atoms with Crippen molar-refractivity contribution in [2.24, 2.45) is 0 Å². The van der Waals surface area contributed by atoms with Crippen LogP contribution in [0.1, 0.15) is 23.5 Å². The van der Waals surface area contributed by atoms with Gasteiger partial charge in [0.15, 0.2) is 0 Å². The van der Waals surface area contributed by atoms with Crippen molar-refractivity contribution in [3.63, 3.8) is 0 Å². The van der Waals surface area contributed by atoms with E-state index >= 15 is 0 Å². The number of nitrogens with one attached hydrogen (secondary N) is 2. The molecule has 0 bridgehead atoms. The van der Waals surface area contributed by atoms with Gasteiger partial charge < -0.3 is 19.8 Å². The molecule has 2 saturated heterocycles. The number of benzene rings is 1. The number of carbonyl (C=O) groups excluding carboxylic acids is 1. The van der Waals surface area contributed by atoms with Gasteiger partial charge in [0.25, 0.3) is 0 Å². The van der Waals surface area contributed by atoms with Gasteiger partial charge in [0.05, 0.1) is 26.0 Å². The molecule has 7 nitrogen and oxygen atoms in total. The number of hydrogen-bond donors (Lipinski definition) is 2. The minimum atomic E-state index is -4.49. The minimum absolute atomic E-state index is 0.0621. The maximum Gasteiger partial charge on any atom is 0.432 e. The predicted molar refractivity (Wildman–Crippen MR) is 100 cm³/mol. The predicted octanol–water partition coefficient (Wildman–Crippen LogP) is 2.38. The Morgan fingerprint density at radius 2 is 2.03 bits per heavy atom. The zero-order valence-electron chi connectivity index (χ0n) is 16.8. The molecule has 2 atom stereocenters. The smallest absolute Gasteiger partial charge is 0.370 e. The number of aromatic amines is 1. The highest BCUT2D eigenvalue weighted by Crippen LogP contribution is 2.32. The van der Waals surface area contributed by atoms with Crippen LogP contribution in [0.2, 0.25) is 0 Å². The topological polar surface area (TPSA) is 79.5 Å². The van der Waals surface area contributed by atoms with Gasteiger partial charge in [-0.05, 0) is 17.7 Å². The summed E-state index contributed by atoms with van der Waals surface area (Å²) >= 11 is 0. The summed E-state index contributed by atoms with van der Waals surface area (Å²) in [6.07, 6.45) is -4.29. The van der Waals surface area contributed by atoms with Crippen LogP contribution in [0.25, 0.3) is 0 Å². The number of H-pyrrole nitrogens is 1. The summed E-state index contributed by atoms with van der Waals surface area (Å²) in [6.45, 7) is 1.42. The van der Waals surface area contributed by atoms with E-state index in [9.17, 15) is 26.7 Å². The first-order chi connectivity index (χ1) is 15.1. The number of imidazole rings is 1. The SMILES string of the molecule is O=C(NCc1cc(F)cc(F)c1)C1CC2(CO1)CN(Cc1ncc(C(F)(F)F)[nH]1)CCO2. The van der Waals surface area contributed by atoms with E-state index in [1.54, 1.807) is 0 Å². The molecule has 2 aromatic rings. The van der Waals surface area contributed by atoms with Crippen molar-refractivity contribution in [2.75, 3.05) is 26.3 Å². The van der Waals surface area contributed by atoms with Crippen LogP contribution in [0, 0.1) is 11.6 Å². The first-order valence-corrected chi connectivity index (χ1v) is 9.94. The van der Waals surface area contributed by atoms with Crippen LogP contribution in [0.5, 0.6) is 0 Å². The van der Waals surface area contributed by atoms with E-state index in [4.69, 9.17) is 9.47 Å². The zero-order chi connectivity index (χ0) is 22.9. The molecule has 2 fully saturated rings. The molecule has 0 radical (unpaired) electrons. The lowest BCUT2D eigenvalue weighted by molar-refractivity contribution is -0.141. The lowest BCUT2D eigenvalue weighted by atomic mass is 9.97. The number of rotatable bonds is 5. The van der Waals surface area contributed by atoms with Gasteiger partial charge in [-0.1, -0.05) is 0 Å². The third kappa shape index (κ3) is 5.25. The Morgan fingerprint density at radius 3 is 2.72 bits per heavy atom. The number of alkyl halides is 3. The summed E-state index contributed by atoms with van der Waals surface area (Å²) in [5.74, 6) is -1.72. The van der Waals surface area contributed by atoms with Crippen LogP contribution in [-0.4, -0.2) is 58.8 Å². The zero-order valence-corrected chi connectivity index (χ0v) is 16.8. The third-order valence-electron chi connectivity index (χ3n) is 5.42. The van der Waals surface area contributed by atoms with Gasteiger partial charge >= 0.3 is 6.18 Å². The molecule has 1 aromatic heterocycles. The van der Waals surface area contributed by atoms with Crippen molar-refractivity contribution in [1.82, 2.24) is 20.2 Å². The van der Waals surface area contributed by atoms with Crippen LogP contribution in [0.4, 0.5) is 22.0 Å². The summed E-state index contributed by atoms with van der Waals surface area (Å²) in [4.78, 5) is 20.4. The maximum atomic E-state index is 13.3. The average Bonchev–Trinajstić information content (AvgIpc) is 3.33. The molecule has 1 aromatic carbocycles. The number of nitrogens with zero attached hydrogens (tertiary/aromatic N) is 2. The Labute approximate surface area is 179 Å². The van der Waals surface area contributed by atoms with Gasteiger partial charge in [-0.3, -0.25) is 9.69 Å². The van der Waals surface area contributed by atoms with Crippen LogP contribution < -0.4 is 5.32 Å². The quantitative estimate of drug-likeness (QED) is 0.670. The molecule has 4 rings (SSSR count). The largest absolute Gasteiger partial charge is 0.432 e. The molecule has 12 heteroatoms. The lowest BCUT2D eigenvalue weighted by Crippen LogP contribution is -2.52. The molecule has 1 spiro atoms. The first-order valence-electron chi connectivity index (χ1n) is 9.94. The van der Waals surface area contributed by atoms with Gasteiger partial charge in [-0.25, -0.2) is 13.8 Å². The summed E-state index contributed by atoms with van der Waals surface area (Å²) < 4.78 is 76.3. The second kappa shape index (κ2) is 8.75. The van der Waals surface area contributed by atoms with Gasteiger partial charge in [0, 0.05) is 32.1 Å². The van der Waals surface area contributed by atoms with Gasteiger partial charge in [-0.2, -0.15) is 13.2 Å². The molecule has 32 heavy (non-hydrogen) atoms. The Balaban J connectivity index is 1.32. The Morgan fingerprint density at radius 1 is 1.28 bits per heavy atom. The fraction of sp³-hybridized carbons (Fsp3) is 0.500. The van der Waals surface area contributed by atoms with E-state index in [1.807, 2.05) is 4.90 Å². The maximum absolute atomic E-state index is 13.3. The van der Waals surface area contributed by atoms with Crippen LogP contribution in [-0.2, 0) is 33.5 Å². The monoisotopic (exact) mass is 460 g/mol. The highest BCUT2D eigenvalue weighted by Gasteiger charge is 2.47. The van der Waals surface area contributed by atoms with Crippen LogP contribution in [0.3, 0.4) is 0 Å². The molecule has 2 aliphatic heterocycles. The summed E-state index contributed by atoms with van der Waals surface area (Å²) in [6, 6.07) is 3.00. The second-order valence-electron chi connectivity index (χ2n) is 7.98. The van der Waals surface area contributed by atoms with Crippen molar-refractivity contribution >= 4 is 5.91 Å². The van der Waals surface area contributed by atoms with Crippen molar-refractivity contribution in [1.29, 1.82) is 0 Å². The van der Waals surface area contributed by atoms with Crippen molar-refractivity contribution in [3.05, 3.63) is 53.1 Å². The van der Waals surface area contributed by atoms with Crippen molar-refractivity contribution in [2.45, 2.75) is 37.4 Å². The fourth-order valence-corrected chi connectivity index (χ4v) is 3.96. The number of aromatic nitrogens is 2. The van der Waals surface area contributed by atoms with Crippen LogP contribution >= 0.6 is 0 Å². The number of halogens is 5. The normalized spacial score (nSPS) is 24.2. The average molecular weight is 460 g/mol. The highest BCUT2D eigenvalue weighted by molar-refractivity contribution is 5.81. The van der Waals surface area contributed by atoms with E-state index in [1.165, 1.54) is 0 Å². The number of morpholine rings is 1. The summed E-state index contributed by atoms with van der Waals surface area (Å²) in [7, 11) is 0. The molecule has 2 aliphatic rings. The van der Waals surface area contributed by atoms with E-state index in [0.29, 0.717) is 19.7 Å². The first kappa shape index (κ1) is 22.6. The molecule has 2 N–H and O–H groups in total. The van der Waals surface area contributed by atoms with E-state index < -0.39 is 41.1 Å². The highest BCUT2D eigenvalue weighted by atomic mass is 19.4. The number of amides is 1. The Hall–Kier alpha value is -2.57. The number of ether oxygens (including phenoxy) is 2. The second-order valence-corrected chi connectivity index (χ2v) is 7.98. The van der Waals surface area contributed by atoms with Crippen molar-refractivity contribution < 1.29 is 36.2 Å². The van der Waals surface area contributed by atoms with Crippen molar-refractivity contribution in [3.8, 4) is 0 Å². The van der Waals surface area contributed by atoms with Crippen LogP contribution in [0.15, 0.2) is 24.4 Å². The van der Waals surface area contributed by atoms with E-state index in [-0.39, 0.29) is 37.5 Å². The molecule has 174 valence electrons. The lowest BCUT2D eigenvalue weighted by Gasteiger charge is -2.39. The van der Waals surface area contributed by atoms with E-state index in [0.717, 1.165) is 24.4 Å². The molecule has 0 aliphatic carbocycles. The standard InChI is InChI=1S/C20H21F5N4O3/c21-13-3-12(4-14(22)5-13)7-27-18(30)15-6-19(11-31-15)10-29(1-2-32-19)9-17-26-8-16(28-17)20(23,24)25/h3-5,8,15H,1-2,6-7,9-11H2,(H,26,28)(H,27,30). The van der Waals surface area contributed by atoms with Gasteiger partial charge in [0.2, 0.25) is 5.91 Å². The van der Waals surface area contributed by atoms with Gasteiger partial charge in [0.1, 0.15) is 34.9 Å². The third-order valence-corrected chi connectivity index (χ3v) is 5.42. The van der Waals surface area contributed by atoms with Gasteiger partial charge in [-0.15, -0.1) is 0 Å². The Kier molecular flexibility index (Phi) is 6.19. The Bertz CT molecular complexity index is 962. The molecule has 0 saturated carbocycles. The van der Waals surface area contributed by atoms with E-state index in [2.05, 4.69) is 15.3 Å². The molecular weight excluding hydrogens is 439 g/mol. The molecular formula is C20H21F5N4O3. The molecule has 2 unspecified atom stereocenters. The molecule has 3 heterocycles. The fourth-order valence-electron chi connectivity index (χ4n) is 3.96. The number of carbonyl (C=O) groups is 1. The number of hydrogen-bond acceptors (Lipinski definition) is 5.